The minimum Gasteiger partial charge on any atom is -0.283 e. The van der Waals surface area contributed by atoms with Gasteiger partial charge in [-0.3, -0.25) is 9.27 Å². The van der Waals surface area contributed by atoms with E-state index < -0.39 is 25.0 Å². The summed E-state index contributed by atoms with van der Waals surface area (Å²) in [4.78, 5) is -0.357. The van der Waals surface area contributed by atoms with E-state index in [4.69, 9.17) is 10.5 Å². The Bertz CT molecular complexity index is 1040. The third-order valence-electron chi connectivity index (χ3n) is 2.89. The van der Waals surface area contributed by atoms with E-state index in [1.165, 1.54) is 12.1 Å². The molecule has 16 heteroatoms. The maximum atomic E-state index is 11.6. The van der Waals surface area contributed by atoms with Crippen LogP contribution in [0, 0.1) is 0 Å². The second-order valence-electron chi connectivity index (χ2n) is 4.79. The van der Waals surface area contributed by atoms with Crippen molar-refractivity contribution in [2.24, 2.45) is 0 Å². The van der Waals surface area contributed by atoms with Gasteiger partial charge in [0.1, 0.15) is 0 Å². The van der Waals surface area contributed by atoms with Gasteiger partial charge in [0.15, 0.2) is 0 Å². The summed E-state index contributed by atoms with van der Waals surface area (Å²) in [6, 6.07) is 4.72. The van der Waals surface area contributed by atoms with Crippen LogP contribution in [0.1, 0.15) is 0 Å². The maximum absolute atomic E-state index is 11.6. The van der Waals surface area contributed by atoms with Crippen LogP contribution in [0.25, 0.3) is 10.8 Å². The van der Waals surface area contributed by atoms with Crippen LogP contribution in [0.3, 0.4) is 0 Å². The molecule has 0 radical (unpaired) electrons. The zero-order valence-corrected chi connectivity index (χ0v) is 16.3. The summed E-state index contributed by atoms with van der Waals surface area (Å²) in [6.45, 7) is 0. The van der Waals surface area contributed by atoms with Gasteiger partial charge >= 0.3 is 0 Å². The number of anilines is 1. The molecule has 0 aromatic heterocycles. The number of rotatable bonds is 9. The van der Waals surface area contributed by atoms with Crippen molar-refractivity contribution in [2.75, 3.05) is 11.0 Å². The fourth-order valence-corrected chi connectivity index (χ4v) is 4.27. The van der Waals surface area contributed by atoms with Gasteiger partial charge < -0.3 is 0 Å². The SMILES string of the molecule is CS(=O)(=O)Nc1cc2c(SOOO)cc(S(=O)(=O)O)cc2cc1SOOO. The van der Waals surface area contributed by atoms with Gasteiger partial charge in [-0.25, -0.2) is 18.9 Å². The monoisotopic (exact) mass is 461 g/mol. The van der Waals surface area contributed by atoms with Crippen LogP contribution in [0.2, 0.25) is 0 Å². The molecule has 0 spiro atoms. The Hall–Kier alpha value is -1.18. The lowest BCUT2D eigenvalue weighted by molar-refractivity contribution is -0.432. The van der Waals surface area contributed by atoms with Gasteiger partial charge in [0, 0.05) is 4.90 Å². The molecule has 2 rings (SSSR count). The van der Waals surface area contributed by atoms with Gasteiger partial charge in [-0.05, 0) is 35.0 Å². The Morgan fingerprint density at radius 1 is 0.926 bits per heavy atom. The Morgan fingerprint density at radius 2 is 1.52 bits per heavy atom. The highest BCUT2D eigenvalue weighted by atomic mass is 32.2. The third-order valence-corrected chi connectivity index (χ3v) is 5.60. The fraction of sp³-hybridized carbons (Fsp3) is 0.0909. The Labute approximate surface area is 161 Å². The molecule has 0 fully saturated rings. The van der Waals surface area contributed by atoms with E-state index in [-0.39, 0.29) is 26.3 Å². The molecule has 2 aromatic carbocycles. The lowest BCUT2D eigenvalue weighted by Gasteiger charge is -2.13. The highest BCUT2D eigenvalue weighted by Crippen LogP contribution is 2.38. The number of sulfonamides is 1. The summed E-state index contributed by atoms with van der Waals surface area (Å²) >= 11 is 0.829. The zero-order valence-electron chi connectivity index (χ0n) is 13.1. The van der Waals surface area contributed by atoms with E-state index in [0.29, 0.717) is 24.1 Å². The first kappa shape index (κ1) is 22.1. The first-order chi connectivity index (χ1) is 12.5. The molecule has 0 saturated heterocycles. The lowest BCUT2D eigenvalue weighted by atomic mass is 10.1. The number of hydrogen-bond acceptors (Lipinski definition) is 12. The molecule has 0 heterocycles. The van der Waals surface area contributed by atoms with Crippen LogP contribution in [-0.2, 0) is 38.9 Å². The number of hydrogen-bond donors (Lipinski definition) is 4. The van der Waals surface area contributed by atoms with Crippen LogP contribution in [0.5, 0.6) is 0 Å². The Morgan fingerprint density at radius 3 is 2.04 bits per heavy atom. The topological polar surface area (TPSA) is 178 Å². The molecular weight excluding hydrogens is 450 g/mol. The molecule has 0 aliphatic carbocycles. The first-order valence-electron chi connectivity index (χ1n) is 6.42. The highest BCUT2D eigenvalue weighted by Gasteiger charge is 2.18. The van der Waals surface area contributed by atoms with Gasteiger partial charge in [0.2, 0.25) is 10.0 Å². The molecule has 150 valence electrons. The van der Waals surface area contributed by atoms with E-state index in [1.54, 1.807) is 0 Å². The summed E-state index contributed by atoms with van der Waals surface area (Å²) in [5, 5.41) is 24.1. The van der Waals surface area contributed by atoms with Crippen LogP contribution in [0.15, 0.2) is 39.0 Å². The third kappa shape index (κ3) is 6.16. The second kappa shape index (κ2) is 8.88. The first-order valence-corrected chi connectivity index (χ1v) is 11.2. The van der Waals surface area contributed by atoms with Crippen LogP contribution >= 0.6 is 24.1 Å². The van der Waals surface area contributed by atoms with Gasteiger partial charge in [-0.2, -0.15) is 8.42 Å². The quantitative estimate of drug-likeness (QED) is 0.185. The molecule has 2 aromatic rings. The van der Waals surface area contributed by atoms with Crippen molar-refractivity contribution in [3.05, 3.63) is 24.3 Å². The smallest absolute Gasteiger partial charge is 0.283 e. The largest absolute Gasteiger partial charge is 0.294 e. The van der Waals surface area contributed by atoms with E-state index in [0.717, 1.165) is 18.4 Å². The molecule has 12 nitrogen and oxygen atoms in total. The molecule has 27 heavy (non-hydrogen) atoms. The molecular formula is C11H11NO11S4. The summed E-state index contributed by atoms with van der Waals surface area (Å²) in [7, 11) is -8.31. The fourth-order valence-electron chi connectivity index (χ4n) is 2.00. The van der Waals surface area contributed by atoms with E-state index >= 15 is 0 Å². The highest BCUT2D eigenvalue weighted by molar-refractivity contribution is 7.95. The van der Waals surface area contributed by atoms with Gasteiger partial charge in [0.05, 0.1) is 45.8 Å². The number of nitrogens with one attached hydrogen (secondary N) is 1. The van der Waals surface area contributed by atoms with Crippen molar-refractivity contribution in [1.82, 2.24) is 0 Å². The Balaban J connectivity index is 2.75. The van der Waals surface area contributed by atoms with Crippen LogP contribution < -0.4 is 4.72 Å². The average Bonchev–Trinajstić information content (AvgIpc) is 2.55. The van der Waals surface area contributed by atoms with Crippen LogP contribution in [0.4, 0.5) is 5.69 Å². The average molecular weight is 461 g/mol. The summed E-state index contributed by atoms with van der Waals surface area (Å²) in [5.74, 6) is 0. The summed E-state index contributed by atoms with van der Waals surface area (Å²) in [5.41, 5.74) is -0.00146. The molecule has 0 atom stereocenters. The van der Waals surface area contributed by atoms with Gasteiger partial charge in [-0.1, -0.05) is 10.1 Å². The van der Waals surface area contributed by atoms with Crippen molar-refractivity contribution < 1.29 is 50.6 Å². The van der Waals surface area contributed by atoms with E-state index in [2.05, 4.69) is 23.5 Å². The normalized spacial score (nSPS) is 12.4. The predicted molar refractivity (Wildman–Crippen MR) is 93.5 cm³/mol. The van der Waals surface area contributed by atoms with Crippen molar-refractivity contribution >= 4 is 60.7 Å². The zero-order chi connectivity index (χ0) is 20.2. The van der Waals surface area contributed by atoms with E-state index in [1.807, 2.05) is 0 Å². The minimum atomic E-state index is -4.60. The number of benzene rings is 2. The summed E-state index contributed by atoms with van der Waals surface area (Å²) < 4.78 is 66.2. The molecule has 4 N–H and O–H groups in total. The molecule has 0 aliphatic heterocycles. The predicted octanol–water partition coefficient (Wildman–Crippen LogP) is 2.31. The maximum Gasteiger partial charge on any atom is 0.294 e. The standard InChI is InChI=1S/C11H11NO11S4/c1-26(15,16)12-9-5-8-6(3-11(9)25-23-21-14)2-7(27(17,18)19)4-10(8)24-22-20-13/h2-5,12-14H,1H3,(H,17,18,19). The minimum absolute atomic E-state index is 0.00146. The molecule has 0 unspecified atom stereocenters. The van der Waals surface area contributed by atoms with Gasteiger partial charge in [0.25, 0.3) is 10.1 Å². The molecule has 0 saturated carbocycles. The summed E-state index contributed by atoms with van der Waals surface area (Å²) in [6.07, 6.45) is 0.898. The molecule has 0 bridgehead atoms. The van der Waals surface area contributed by atoms with Crippen LogP contribution in [-0.4, -0.2) is 38.2 Å². The molecule has 0 amide bonds. The Kier molecular flexibility index (Phi) is 7.27. The van der Waals surface area contributed by atoms with E-state index in [9.17, 15) is 21.4 Å². The van der Waals surface area contributed by atoms with Crippen molar-refractivity contribution in [2.45, 2.75) is 14.7 Å². The van der Waals surface area contributed by atoms with Crippen molar-refractivity contribution in [1.29, 1.82) is 0 Å². The second-order valence-corrected chi connectivity index (χ2v) is 9.45. The van der Waals surface area contributed by atoms with Crippen molar-refractivity contribution in [3.8, 4) is 0 Å². The van der Waals surface area contributed by atoms with Crippen molar-refractivity contribution in [3.63, 3.8) is 0 Å². The van der Waals surface area contributed by atoms with Gasteiger partial charge in [-0.15, -0.1) is 8.67 Å². The number of fused-ring (bicyclic) bond motifs is 1. The molecule has 0 aliphatic rings. The lowest BCUT2D eigenvalue weighted by Crippen LogP contribution is -2.10.